The molecule has 0 heterocycles. The van der Waals surface area contributed by atoms with Crippen LogP contribution in [0.5, 0.6) is 0 Å². The van der Waals surface area contributed by atoms with E-state index >= 15 is 0 Å². The minimum Gasteiger partial charge on any atom is -0.455 e. The molecule has 0 spiro atoms. The van der Waals surface area contributed by atoms with Crippen molar-refractivity contribution in [3.63, 3.8) is 0 Å². The predicted molar refractivity (Wildman–Crippen MR) is 64.4 cm³/mol. The summed E-state index contributed by atoms with van der Waals surface area (Å²) < 4.78 is 37.5. The summed E-state index contributed by atoms with van der Waals surface area (Å²) in [6.45, 7) is 9.66. The first kappa shape index (κ1) is 18.6. The molecule has 1 radical (unpaired) electrons. The molecular weight excluding hydrogens is 249 g/mol. The molecule has 0 aliphatic rings. The van der Waals surface area contributed by atoms with Crippen LogP contribution >= 0.6 is 0 Å². The summed E-state index contributed by atoms with van der Waals surface area (Å²) >= 11 is 0. The Morgan fingerprint density at radius 1 is 1.41 bits per heavy atom. The molecule has 0 atom stereocenters. The van der Waals surface area contributed by atoms with Crippen LogP contribution in [0.25, 0.3) is 0 Å². The van der Waals surface area contributed by atoms with Gasteiger partial charge in [-0.3, -0.25) is 0 Å². The van der Waals surface area contributed by atoms with Gasteiger partial charge in [-0.2, -0.15) is 13.2 Å². The molecular formula is C11H20F3O2Si. The van der Waals surface area contributed by atoms with Crippen LogP contribution in [-0.2, 0) is 9.53 Å². The SMILES string of the molecule is C=CCOC(=O)C(F)(F)F.CCCC[Si](C)C. The highest BCUT2D eigenvalue weighted by Gasteiger charge is 2.40. The van der Waals surface area contributed by atoms with Crippen molar-refractivity contribution < 1.29 is 22.7 Å². The van der Waals surface area contributed by atoms with Gasteiger partial charge in [-0.05, 0) is 0 Å². The molecule has 101 valence electrons. The van der Waals surface area contributed by atoms with Crippen LogP contribution in [0.15, 0.2) is 12.7 Å². The number of unbranched alkanes of at least 4 members (excludes halogenated alkanes) is 1. The van der Waals surface area contributed by atoms with Gasteiger partial charge in [0.15, 0.2) is 0 Å². The van der Waals surface area contributed by atoms with Gasteiger partial charge in [-0.1, -0.05) is 51.6 Å². The lowest BCUT2D eigenvalue weighted by atomic mass is 10.4. The van der Waals surface area contributed by atoms with E-state index in [4.69, 9.17) is 0 Å². The van der Waals surface area contributed by atoms with E-state index in [9.17, 15) is 18.0 Å². The first-order chi connectivity index (χ1) is 7.75. The number of carbonyl (C=O) groups is 1. The molecule has 17 heavy (non-hydrogen) atoms. The number of alkyl halides is 3. The lowest BCUT2D eigenvalue weighted by Crippen LogP contribution is -2.25. The zero-order valence-electron chi connectivity index (χ0n) is 10.6. The van der Waals surface area contributed by atoms with Crippen LogP contribution in [0, 0.1) is 0 Å². The summed E-state index contributed by atoms with van der Waals surface area (Å²) in [7, 11) is 0.103. The normalized spacial score (nSPS) is 10.5. The highest BCUT2D eigenvalue weighted by atomic mass is 28.3. The molecule has 0 rings (SSSR count). The second-order valence-corrected chi connectivity index (χ2v) is 6.61. The van der Waals surface area contributed by atoms with Crippen molar-refractivity contribution in [1.29, 1.82) is 0 Å². The summed E-state index contributed by atoms with van der Waals surface area (Å²) in [6, 6.07) is 1.50. The van der Waals surface area contributed by atoms with Crippen LogP contribution in [0.3, 0.4) is 0 Å². The van der Waals surface area contributed by atoms with Gasteiger partial charge in [-0.25, -0.2) is 4.79 Å². The summed E-state index contributed by atoms with van der Waals surface area (Å²) in [6.07, 6.45) is -1.02. The van der Waals surface area contributed by atoms with Crippen LogP contribution < -0.4 is 0 Å². The van der Waals surface area contributed by atoms with Crippen molar-refractivity contribution >= 4 is 14.8 Å². The maximum atomic E-state index is 11.3. The van der Waals surface area contributed by atoms with Gasteiger partial charge in [0, 0.05) is 8.80 Å². The molecule has 0 aromatic rings. The second-order valence-electron chi connectivity index (χ2n) is 3.70. The van der Waals surface area contributed by atoms with Crippen molar-refractivity contribution in [2.75, 3.05) is 6.61 Å². The van der Waals surface area contributed by atoms with E-state index < -0.39 is 18.8 Å². The monoisotopic (exact) mass is 269 g/mol. The number of carbonyl (C=O) groups excluding carboxylic acids is 1. The first-order valence-electron chi connectivity index (χ1n) is 5.39. The quantitative estimate of drug-likeness (QED) is 0.431. The molecule has 0 saturated heterocycles. The Morgan fingerprint density at radius 3 is 2.18 bits per heavy atom. The third-order valence-electron chi connectivity index (χ3n) is 1.59. The fraction of sp³-hybridized carbons (Fsp3) is 0.727. The average Bonchev–Trinajstić information content (AvgIpc) is 2.22. The van der Waals surface area contributed by atoms with E-state index in [0.29, 0.717) is 0 Å². The average molecular weight is 269 g/mol. The number of rotatable bonds is 5. The smallest absolute Gasteiger partial charge is 0.455 e. The standard InChI is InChI=1S/C6H15Si.C5H5F3O2/c1-4-5-6-7(2)3;1-2-3-10-4(9)5(6,7)8/h4-6H2,1-3H3;2H,1,3H2. The molecule has 0 unspecified atom stereocenters. The van der Waals surface area contributed by atoms with Crippen LogP contribution in [-0.4, -0.2) is 27.5 Å². The molecule has 0 bridgehead atoms. The Labute approximate surface area is 102 Å². The largest absolute Gasteiger partial charge is 0.490 e. The lowest BCUT2D eigenvalue weighted by Gasteiger charge is -2.03. The third kappa shape index (κ3) is 15.2. The molecule has 2 nitrogen and oxygen atoms in total. The molecule has 0 aliphatic carbocycles. The molecule has 6 heteroatoms. The fourth-order valence-electron chi connectivity index (χ4n) is 0.747. The van der Waals surface area contributed by atoms with E-state index in [1.807, 2.05) is 0 Å². The topological polar surface area (TPSA) is 26.3 Å². The molecule has 0 fully saturated rings. The van der Waals surface area contributed by atoms with Crippen LogP contribution in [0.4, 0.5) is 13.2 Å². The van der Waals surface area contributed by atoms with Crippen LogP contribution in [0.2, 0.25) is 19.1 Å². The minimum atomic E-state index is -4.90. The first-order valence-corrected chi connectivity index (χ1v) is 8.10. The van der Waals surface area contributed by atoms with E-state index in [1.165, 1.54) is 18.9 Å². The highest BCUT2D eigenvalue weighted by Crippen LogP contribution is 2.15. The fourth-order valence-corrected chi connectivity index (χ4v) is 1.81. The summed E-state index contributed by atoms with van der Waals surface area (Å²) in [5.41, 5.74) is 0. The van der Waals surface area contributed by atoms with Gasteiger partial charge in [-0.15, -0.1) is 0 Å². The summed E-state index contributed by atoms with van der Waals surface area (Å²) in [4.78, 5) is 9.83. The van der Waals surface area contributed by atoms with E-state index in [0.717, 1.165) is 6.08 Å². The minimum absolute atomic E-state index is 0.103. The highest BCUT2D eigenvalue weighted by molar-refractivity contribution is 6.55. The maximum absolute atomic E-state index is 11.3. The Hall–Kier alpha value is -0.783. The Balaban J connectivity index is 0. The van der Waals surface area contributed by atoms with Crippen molar-refractivity contribution in [2.24, 2.45) is 0 Å². The van der Waals surface area contributed by atoms with Gasteiger partial charge >= 0.3 is 12.1 Å². The number of esters is 1. The second kappa shape index (κ2) is 10.4. The molecule has 0 N–H and O–H groups in total. The Bertz CT molecular complexity index is 215. The van der Waals surface area contributed by atoms with Crippen LogP contribution in [0.1, 0.15) is 19.8 Å². The maximum Gasteiger partial charge on any atom is 0.490 e. The Morgan fingerprint density at radius 2 is 1.94 bits per heavy atom. The van der Waals surface area contributed by atoms with Gasteiger partial charge in [0.25, 0.3) is 0 Å². The van der Waals surface area contributed by atoms with E-state index in [-0.39, 0.29) is 8.80 Å². The molecule has 0 saturated carbocycles. The van der Waals surface area contributed by atoms with Crippen molar-refractivity contribution in [1.82, 2.24) is 0 Å². The van der Waals surface area contributed by atoms with Gasteiger partial charge in [0.2, 0.25) is 0 Å². The van der Waals surface area contributed by atoms with Gasteiger partial charge < -0.3 is 4.74 Å². The number of hydrogen-bond acceptors (Lipinski definition) is 2. The van der Waals surface area contributed by atoms with Crippen molar-refractivity contribution in [3.05, 3.63) is 12.7 Å². The van der Waals surface area contributed by atoms with E-state index in [1.54, 1.807) is 0 Å². The number of halogens is 3. The van der Waals surface area contributed by atoms with Gasteiger partial charge in [0.1, 0.15) is 6.61 Å². The molecule has 0 aromatic heterocycles. The zero-order chi connectivity index (χ0) is 13.9. The zero-order valence-corrected chi connectivity index (χ0v) is 11.6. The Kier molecular flexibility index (Phi) is 11.3. The van der Waals surface area contributed by atoms with Gasteiger partial charge in [0.05, 0.1) is 0 Å². The molecule has 0 amide bonds. The van der Waals surface area contributed by atoms with Crippen molar-refractivity contribution in [2.45, 2.75) is 45.1 Å². The molecule has 0 aromatic carbocycles. The summed E-state index contributed by atoms with van der Waals surface area (Å²) in [5, 5.41) is 0. The third-order valence-corrected chi connectivity index (χ3v) is 2.95. The lowest BCUT2D eigenvalue weighted by molar-refractivity contribution is -0.198. The number of hydrogen-bond donors (Lipinski definition) is 0. The predicted octanol–water partition coefficient (Wildman–Crippen LogP) is 3.82. The molecule has 0 aliphatic heterocycles. The summed E-state index contributed by atoms with van der Waals surface area (Å²) in [5.74, 6) is -2.19. The van der Waals surface area contributed by atoms with E-state index in [2.05, 4.69) is 31.3 Å². The number of ether oxygens (including phenoxy) is 1. The van der Waals surface area contributed by atoms with Crippen molar-refractivity contribution in [3.8, 4) is 0 Å².